The molecule has 0 bridgehead atoms. The van der Waals surface area contributed by atoms with Gasteiger partial charge in [-0.15, -0.1) is 0 Å². The molecule has 1 heterocycles. The van der Waals surface area contributed by atoms with Crippen molar-refractivity contribution in [3.63, 3.8) is 0 Å². The maximum absolute atomic E-state index is 13.2. The second kappa shape index (κ2) is 17.0. The van der Waals surface area contributed by atoms with E-state index in [9.17, 15) is 26.4 Å². The van der Waals surface area contributed by atoms with Crippen molar-refractivity contribution in [2.75, 3.05) is 26.2 Å². The lowest BCUT2D eigenvalue weighted by molar-refractivity contribution is 0.0920. The van der Waals surface area contributed by atoms with Gasteiger partial charge in [0.1, 0.15) is 11.7 Å². The molecule has 0 aliphatic carbocycles. The summed E-state index contributed by atoms with van der Waals surface area (Å²) in [5, 5.41) is 5.53. The van der Waals surface area contributed by atoms with E-state index in [1.165, 1.54) is 36.4 Å². The summed E-state index contributed by atoms with van der Waals surface area (Å²) in [6.45, 7) is 4.62. The maximum Gasteiger partial charge on any atom is 0.262 e. The van der Waals surface area contributed by atoms with E-state index >= 15 is 0 Å². The van der Waals surface area contributed by atoms with Crippen LogP contribution in [0.5, 0.6) is 0 Å². The molecule has 0 spiro atoms. The first-order valence-electron chi connectivity index (χ1n) is 15.9. The average molecular weight is 695 g/mol. The molecule has 1 aliphatic heterocycles. The van der Waals surface area contributed by atoms with Gasteiger partial charge in [-0.1, -0.05) is 60.4 Å². The standard InChI is InChI=1S/C34H42N6O6S2/c1-25-11-15-27(16-12-25)47(43,44)39-31-19-23-37-33(41)29-9-5-6-10-30(29)34(42)38-24-20-32(36-22-8-4-3-7-21-35-31)40-48(45,46)28-17-13-26(2)14-18-28/h5-6,9-18H,3-4,7-8,19-24H2,1-2H3,(H,35,39)(H,36,40)(H,37,41)(H,38,42). The molecule has 2 amide bonds. The summed E-state index contributed by atoms with van der Waals surface area (Å²) in [7, 11) is -7.80. The van der Waals surface area contributed by atoms with Crippen molar-refractivity contribution in [2.24, 2.45) is 9.98 Å². The molecule has 48 heavy (non-hydrogen) atoms. The highest BCUT2D eigenvalue weighted by Gasteiger charge is 2.20. The van der Waals surface area contributed by atoms with Crippen LogP contribution in [0.2, 0.25) is 0 Å². The van der Waals surface area contributed by atoms with E-state index in [1.54, 1.807) is 36.4 Å². The minimum absolute atomic E-state index is 0.0744. The first kappa shape index (κ1) is 36.3. The highest BCUT2D eigenvalue weighted by molar-refractivity contribution is 7.90. The summed E-state index contributed by atoms with van der Waals surface area (Å²) < 4.78 is 57.5. The molecular weight excluding hydrogens is 653 g/mol. The van der Waals surface area contributed by atoms with E-state index in [4.69, 9.17) is 0 Å². The number of hydrogen-bond donors (Lipinski definition) is 4. The Morgan fingerprint density at radius 1 is 0.562 bits per heavy atom. The summed E-state index contributed by atoms with van der Waals surface area (Å²) in [6.07, 6.45) is 3.23. The minimum Gasteiger partial charge on any atom is -0.352 e. The summed E-state index contributed by atoms with van der Waals surface area (Å²) in [6, 6.07) is 19.3. The predicted octanol–water partition coefficient (Wildman–Crippen LogP) is 3.87. The molecule has 1 aliphatic rings. The van der Waals surface area contributed by atoms with Crippen LogP contribution in [-0.2, 0) is 20.0 Å². The molecule has 4 rings (SSSR count). The van der Waals surface area contributed by atoms with Gasteiger partial charge in [0, 0.05) is 39.0 Å². The summed E-state index contributed by atoms with van der Waals surface area (Å²) in [5.41, 5.74) is 2.13. The van der Waals surface area contributed by atoms with Crippen molar-refractivity contribution in [1.29, 1.82) is 0 Å². The van der Waals surface area contributed by atoms with Crippen LogP contribution in [0.3, 0.4) is 0 Å². The number of carbonyl (C=O) groups is 2. The zero-order valence-electron chi connectivity index (χ0n) is 27.2. The van der Waals surface area contributed by atoms with Gasteiger partial charge >= 0.3 is 0 Å². The maximum atomic E-state index is 13.2. The first-order chi connectivity index (χ1) is 22.9. The Morgan fingerprint density at radius 2 is 0.938 bits per heavy atom. The van der Waals surface area contributed by atoms with Gasteiger partial charge in [0.15, 0.2) is 0 Å². The van der Waals surface area contributed by atoms with Crippen LogP contribution in [0.4, 0.5) is 0 Å². The van der Waals surface area contributed by atoms with Crippen molar-refractivity contribution in [1.82, 2.24) is 20.1 Å². The lowest BCUT2D eigenvalue weighted by Gasteiger charge is -2.14. The average Bonchev–Trinajstić information content (AvgIpc) is 3.05. The van der Waals surface area contributed by atoms with E-state index < -0.39 is 31.9 Å². The summed E-state index contributed by atoms with van der Waals surface area (Å²) in [5.74, 6) is -0.592. The van der Waals surface area contributed by atoms with Gasteiger partial charge in [-0.3, -0.25) is 29.0 Å². The van der Waals surface area contributed by atoms with Crippen LogP contribution in [0, 0.1) is 13.8 Å². The molecule has 0 atom stereocenters. The van der Waals surface area contributed by atoms with Crippen LogP contribution in [0.25, 0.3) is 0 Å². The van der Waals surface area contributed by atoms with Crippen molar-refractivity contribution in [3.05, 3.63) is 95.1 Å². The zero-order valence-corrected chi connectivity index (χ0v) is 28.8. The van der Waals surface area contributed by atoms with Crippen molar-refractivity contribution >= 4 is 43.5 Å². The van der Waals surface area contributed by atoms with Gasteiger partial charge in [-0.25, -0.2) is 16.8 Å². The van der Waals surface area contributed by atoms with Gasteiger partial charge in [-0.05, 0) is 63.1 Å². The third-order valence-corrected chi connectivity index (χ3v) is 10.3. The Hall–Kier alpha value is -4.56. The number of benzene rings is 3. The largest absolute Gasteiger partial charge is 0.352 e. The smallest absolute Gasteiger partial charge is 0.262 e. The van der Waals surface area contributed by atoms with Gasteiger partial charge in [0.05, 0.1) is 20.9 Å². The van der Waals surface area contributed by atoms with E-state index in [2.05, 4.69) is 30.1 Å². The van der Waals surface area contributed by atoms with Crippen LogP contribution >= 0.6 is 0 Å². The van der Waals surface area contributed by atoms with Gasteiger partial charge in [0.2, 0.25) is 0 Å². The summed E-state index contributed by atoms with van der Waals surface area (Å²) >= 11 is 0. The molecule has 0 fully saturated rings. The highest BCUT2D eigenvalue weighted by Crippen LogP contribution is 2.13. The molecule has 0 saturated heterocycles. The SMILES string of the molecule is Cc1ccc(S(=O)(=O)NC2=NCCCCCCN=C(NS(=O)(=O)c3ccc(C)cc3)CCNC(=O)c3ccccc3C(=O)NCC2)cc1. The minimum atomic E-state index is -3.90. The highest BCUT2D eigenvalue weighted by atomic mass is 32.2. The lowest BCUT2D eigenvalue weighted by Crippen LogP contribution is -2.36. The number of amidine groups is 2. The van der Waals surface area contributed by atoms with Crippen molar-refractivity contribution in [3.8, 4) is 0 Å². The molecule has 14 heteroatoms. The second-order valence-electron chi connectivity index (χ2n) is 11.5. The number of aliphatic imine (C=N–C) groups is 2. The lowest BCUT2D eigenvalue weighted by atomic mass is 10.1. The normalized spacial score (nSPS) is 16.3. The molecule has 3 aromatic carbocycles. The summed E-state index contributed by atoms with van der Waals surface area (Å²) in [4.78, 5) is 35.6. The number of fused-ring (bicyclic) bond motifs is 1. The Bertz CT molecular complexity index is 1720. The number of nitrogens with zero attached hydrogens (tertiary/aromatic N) is 2. The molecule has 3 aromatic rings. The Balaban J connectivity index is 1.52. The third-order valence-electron chi connectivity index (χ3n) is 7.55. The van der Waals surface area contributed by atoms with Gasteiger partial charge in [-0.2, -0.15) is 0 Å². The van der Waals surface area contributed by atoms with E-state index in [0.29, 0.717) is 25.9 Å². The second-order valence-corrected chi connectivity index (χ2v) is 14.8. The van der Waals surface area contributed by atoms with Gasteiger partial charge < -0.3 is 10.6 Å². The number of carbonyl (C=O) groups excluding carboxylic acids is 2. The molecule has 0 saturated carbocycles. The Morgan fingerprint density at radius 3 is 1.31 bits per heavy atom. The Labute approximate surface area is 282 Å². The first-order valence-corrected chi connectivity index (χ1v) is 18.8. The molecule has 0 unspecified atom stereocenters. The Kier molecular flexibility index (Phi) is 12.9. The molecule has 256 valence electrons. The van der Waals surface area contributed by atoms with E-state index in [1.807, 2.05) is 13.8 Å². The molecule has 0 radical (unpaired) electrons. The monoisotopic (exact) mass is 694 g/mol. The number of sulfonamides is 2. The topological polar surface area (TPSA) is 175 Å². The van der Waals surface area contributed by atoms with Crippen molar-refractivity contribution < 1.29 is 26.4 Å². The van der Waals surface area contributed by atoms with Crippen molar-refractivity contribution in [2.45, 2.75) is 62.2 Å². The van der Waals surface area contributed by atoms with Crippen LogP contribution < -0.4 is 20.1 Å². The molecule has 0 aromatic heterocycles. The number of amides is 2. The fraction of sp³-hybridized carbons (Fsp3) is 0.353. The quantitative estimate of drug-likeness (QED) is 0.323. The van der Waals surface area contributed by atoms with Crippen LogP contribution in [0.15, 0.2) is 92.6 Å². The molecule has 4 N–H and O–H groups in total. The number of rotatable bonds is 4. The van der Waals surface area contributed by atoms with Crippen LogP contribution in [-0.4, -0.2) is 66.5 Å². The zero-order chi connectivity index (χ0) is 34.6. The van der Waals surface area contributed by atoms with E-state index in [0.717, 1.165) is 24.0 Å². The van der Waals surface area contributed by atoms with E-state index in [-0.39, 0.29) is 58.5 Å². The molecular formula is C34H42N6O6S2. The number of nitrogens with one attached hydrogen (secondary N) is 4. The van der Waals surface area contributed by atoms with Gasteiger partial charge in [0.25, 0.3) is 31.9 Å². The fourth-order valence-corrected chi connectivity index (χ4v) is 7.03. The number of hydrogen-bond acceptors (Lipinski definition) is 8. The fourth-order valence-electron chi connectivity index (χ4n) is 4.85. The predicted molar refractivity (Wildman–Crippen MR) is 186 cm³/mol. The van der Waals surface area contributed by atoms with Crippen LogP contribution in [0.1, 0.15) is 70.4 Å². The number of aryl methyl sites for hydroxylation is 2. The third kappa shape index (κ3) is 10.7. The molecule has 12 nitrogen and oxygen atoms in total.